The number of fused-ring (bicyclic) bond motifs is 3. The van der Waals surface area contributed by atoms with Gasteiger partial charge in [0.2, 0.25) is 0 Å². The van der Waals surface area contributed by atoms with Crippen LogP contribution in [0.1, 0.15) is 39.3 Å². The average Bonchev–Trinajstić information content (AvgIpc) is 3.73. The highest BCUT2D eigenvalue weighted by molar-refractivity contribution is 9.10. The lowest BCUT2D eigenvalue weighted by atomic mass is 10.1. The van der Waals surface area contributed by atoms with Crippen molar-refractivity contribution in [2.45, 2.75) is 20.3 Å². The Kier molecular flexibility index (Phi) is 12.9. The summed E-state index contributed by atoms with van der Waals surface area (Å²) >= 11 is 3.60. The molecule has 0 unspecified atom stereocenters. The number of aromatic nitrogens is 4. The third-order valence-corrected chi connectivity index (χ3v) is 10.8. The smallest absolute Gasteiger partial charge is 0.337 e. The molecule has 0 saturated heterocycles. The predicted molar refractivity (Wildman–Crippen MR) is 243 cm³/mol. The Hall–Kier alpha value is -6.98. The number of hydrogen-bond donors (Lipinski definition) is 1. The summed E-state index contributed by atoms with van der Waals surface area (Å²) in [5, 5.41) is 3.43. The molecule has 0 bridgehead atoms. The minimum Gasteiger partial charge on any atom is -0.465 e. The molecule has 2 aromatic heterocycles. The van der Waals surface area contributed by atoms with Crippen LogP contribution in [0.3, 0.4) is 0 Å². The first-order valence-electron chi connectivity index (χ1n) is 19.1. The van der Waals surface area contributed by atoms with Gasteiger partial charge in [-0.25, -0.2) is 29.5 Å². The second-order valence-corrected chi connectivity index (χ2v) is 14.6. The molecule has 0 fully saturated rings. The fraction of sp³-hybridized carbons (Fsp3) is 0.143. The van der Waals surface area contributed by atoms with Crippen molar-refractivity contribution in [3.63, 3.8) is 0 Å². The number of methoxy groups -OCH3 is 2. The predicted octanol–water partition coefficient (Wildman–Crippen LogP) is 10.9. The molecule has 0 aliphatic carbocycles. The van der Waals surface area contributed by atoms with Crippen LogP contribution in [0.2, 0.25) is 0 Å². The zero-order chi connectivity index (χ0) is 40.7. The van der Waals surface area contributed by atoms with Crippen LogP contribution in [0, 0.1) is 0 Å². The topological polar surface area (TPSA) is 119 Å². The van der Waals surface area contributed by atoms with E-state index in [4.69, 9.17) is 29.4 Å². The largest absolute Gasteiger partial charge is 0.465 e. The van der Waals surface area contributed by atoms with E-state index in [2.05, 4.69) is 50.4 Å². The first kappa shape index (κ1) is 41.2. The lowest BCUT2D eigenvalue weighted by Crippen LogP contribution is -2.17. The Morgan fingerprint density at radius 2 is 1.18 bits per heavy atom. The molecule has 0 saturated carbocycles. The van der Waals surface area contributed by atoms with E-state index in [0.29, 0.717) is 34.5 Å². The van der Waals surface area contributed by atoms with Gasteiger partial charge < -0.3 is 19.7 Å². The summed E-state index contributed by atoms with van der Waals surface area (Å²) in [6.45, 7) is 1.54. The fourth-order valence-electron chi connectivity index (χ4n) is 7.06. The molecule has 60 heavy (non-hydrogen) atoms. The van der Waals surface area contributed by atoms with Gasteiger partial charge in [0.15, 0.2) is 11.6 Å². The van der Waals surface area contributed by atoms with Crippen molar-refractivity contribution in [3.8, 4) is 22.5 Å². The van der Waals surface area contributed by atoms with Gasteiger partial charge in [0.05, 0.1) is 47.4 Å². The quantitative estimate of drug-likeness (QED) is 0.141. The number of esters is 2. The van der Waals surface area contributed by atoms with E-state index >= 15 is 0 Å². The molecule has 0 atom stereocenters. The Morgan fingerprint density at radius 3 is 1.82 bits per heavy atom. The number of rotatable bonds is 9. The minimum atomic E-state index is -0.394. The molecule has 1 N–H and O–H groups in total. The molecule has 9 rings (SSSR count). The van der Waals surface area contributed by atoms with Gasteiger partial charge >= 0.3 is 11.9 Å². The van der Waals surface area contributed by atoms with Crippen molar-refractivity contribution in [1.82, 2.24) is 19.9 Å². The van der Waals surface area contributed by atoms with Gasteiger partial charge in [-0.15, -0.1) is 0 Å². The highest BCUT2D eigenvalue weighted by Crippen LogP contribution is 2.39. The second-order valence-electron chi connectivity index (χ2n) is 13.7. The lowest BCUT2D eigenvalue weighted by molar-refractivity contribution is 0.0592. The van der Waals surface area contributed by atoms with Crippen LogP contribution in [0.15, 0.2) is 150 Å². The molecular formula is C49H43BrN6O4. The highest BCUT2D eigenvalue weighted by atomic mass is 79.9. The van der Waals surface area contributed by atoms with E-state index in [9.17, 15) is 9.59 Å². The van der Waals surface area contributed by atoms with Gasteiger partial charge in [0, 0.05) is 34.4 Å². The zero-order valence-electron chi connectivity index (χ0n) is 32.4. The zero-order valence-corrected chi connectivity index (χ0v) is 34.0. The molecule has 6 aromatic carbocycles. The Labute approximate surface area is 357 Å². The summed E-state index contributed by atoms with van der Waals surface area (Å²) in [5.41, 5.74) is 11.0. The molecule has 0 amide bonds. The maximum atomic E-state index is 12.0. The van der Waals surface area contributed by atoms with Crippen LogP contribution in [-0.4, -0.2) is 59.2 Å². The summed E-state index contributed by atoms with van der Waals surface area (Å²) in [4.78, 5) is 45.6. The fourth-order valence-corrected chi connectivity index (χ4v) is 7.55. The summed E-state index contributed by atoms with van der Waals surface area (Å²) in [6.07, 6.45) is 1.80. The number of nitrogens with zero attached hydrogens (tertiary/aromatic N) is 5. The van der Waals surface area contributed by atoms with Gasteiger partial charge in [-0.05, 0) is 72.5 Å². The van der Waals surface area contributed by atoms with Gasteiger partial charge in [0.1, 0.15) is 11.4 Å². The lowest BCUT2D eigenvalue weighted by Gasteiger charge is -2.22. The van der Waals surface area contributed by atoms with E-state index in [-0.39, 0.29) is 13.4 Å². The molecule has 10 nitrogen and oxygen atoms in total. The average molecular weight is 860 g/mol. The van der Waals surface area contributed by atoms with Crippen molar-refractivity contribution in [2.75, 3.05) is 37.5 Å². The third-order valence-electron chi connectivity index (χ3n) is 10.0. The number of nitrogens with one attached hydrogen (secondary N) is 1. The number of carbonyl (C=O) groups is 2. The van der Waals surface area contributed by atoms with Crippen molar-refractivity contribution in [3.05, 3.63) is 172 Å². The van der Waals surface area contributed by atoms with Crippen LogP contribution in [0.4, 0.5) is 17.3 Å². The number of anilines is 3. The molecule has 3 heterocycles. The first-order chi connectivity index (χ1) is 28.9. The maximum absolute atomic E-state index is 12.0. The molecule has 11 heteroatoms. The molecular weight excluding hydrogens is 816 g/mol. The Bertz CT molecular complexity index is 2800. The number of carbonyl (C=O) groups excluding carboxylic acids is 2. The van der Waals surface area contributed by atoms with Crippen LogP contribution >= 0.6 is 15.9 Å². The van der Waals surface area contributed by atoms with E-state index in [1.54, 1.807) is 30.3 Å². The van der Waals surface area contributed by atoms with Gasteiger partial charge in [-0.3, -0.25) is 0 Å². The minimum absolute atomic E-state index is 0. The number of benzene rings is 6. The number of ether oxygens (including phenoxy) is 2. The van der Waals surface area contributed by atoms with Crippen molar-refractivity contribution in [1.29, 1.82) is 0 Å². The number of hydrogen-bond acceptors (Lipinski definition) is 10. The summed E-state index contributed by atoms with van der Waals surface area (Å²) in [5.74, 6) is 0.710. The monoisotopic (exact) mass is 858 g/mol. The summed E-state index contributed by atoms with van der Waals surface area (Å²) in [6, 6.07) is 47.1. The van der Waals surface area contributed by atoms with E-state index < -0.39 is 5.97 Å². The maximum Gasteiger partial charge on any atom is 0.337 e. The van der Waals surface area contributed by atoms with Crippen molar-refractivity contribution < 1.29 is 19.1 Å². The molecule has 1 aliphatic heterocycles. The van der Waals surface area contributed by atoms with Gasteiger partial charge in [-0.1, -0.05) is 120 Å². The van der Waals surface area contributed by atoms with E-state index in [0.717, 1.165) is 68.9 Å². The molecule has 8 aromatic rings. The Morgan fingerprint density at radius 1 is 0.633 bits per heavy atom. The standard InChI is InChI=1S/C24H20BrN3O2.C24H19N3O2.CH4/c1-30-24(29)18-11-12-20-21(15-18)28-23(22(27-20)17-8-3-2-4-9-17)26-14-13-16-7-5-6-10-19(16)25;1-29-24(28)18-11-12-19-20(15-18)26-23(22(25-19)17-8-3-2-4-9-17)27-14-13-16-7-5-6-10-21(16)27;/h2-12,15H,13-14H2,1H3,(H,26,28);2-12,15H,13-14H2,1H3;1H4. The molecule has 300 valence electrons. The number of halogens is 1. The highest BCUT2D eigenvalue weighted by Gasteiger charge is 2.25. The third kappa shape index (κ3) is 8.86. The molecule has 0 radical (unpaired) electrons. The Balaban J connectivity index is 0.000000179. The molecule has 1 aliphatic rings. The van der Waals surface area contributed by atoms with Crippen LogP contribution in [-0.2, 0) is 22.3 Å². The molecule has 0 spiro atoms. The number of para-hydroxylation sites is 1. The van der Waals surface area contributed by atoms with Crippen LogP contribution < -0.4 is 10.2 Å². The van der Waals surface area contributed by atoms with Crippen LogP contribution in [0.25, 0.3) is 44.6 Å². The normalized spacial score (nSPS) is 11.6. The van der Waals surface area contributed by atoms with E-state index in [1.807, 2.05) is 91.0 Å². The van der Waals surface area contributed by atoms with Crippen LogP contribution in [0.5, 0.6) is 0 Å². The SMILES string of the molecule is C.COC(=O)c1ccc2nc(-c3ccccc3)c(N3CCc4ccccc43)nc2c1.COC(=O)c1ccc2nc(-c3ccccc3)c(NCCc3ccccc3Br)nc2c1. The van der Waals surface area contributed by atoms with Crippen molar-refractivity contribution in [2.24, 2.45) is 0 Å². The van der Waals surface area contributed by atoms with E-state index in [1.165, 1.54) is 25.3 Å². The summed E-state index contributed by atoms with van der Waals surface area (Å²) in [7, 11) is 2.74. The van der Waals surface area contributed by atoms with Crippen molar-refractivity contribution >= 4 is 67.3 Å². The first-order valence-corrected chi connectivity index (χ1v) is 19.9. The summed E-state index contributed by atoms with van der Waals surface area (Å²) < 4.78 is 10.8. The van der Waals surface area contributed by atoms with Gasteiger partial charge in [0.25, 0.3) is 0 Å². The van der Waals surface area contributed by atoms with Gasteiger partial charge in [-0.2, -0.15) is 0 Å². The second kappa shape index (κ2) is 18.7.